The van der Waals surface area contributed by atoms with Gasteiger partial charge in [0.1, 0.15) is 17.9 Å². The van der Waals surface area contributed by atoms with Crippen LogP contribution in [0.25, 0.3) is 11.4 Å². The summed E-state index contributed by atoms with van der Waals surface area (Å²) < 4.78 is 4.82. The van der Waals surface area contributed by atoms with E-state index >= 15 is 0 Å². The maximum Gasteiger partial charge on any atom is 0.291 e. The van der Waals surface area contributed by atoms with Crippen LogP contribution in [-0.4, -0.2) is 9.55 Å². The zero-order valence-corrected chi connectivity index (χ0v) is 12.1. The molecule has 0 N–H and O–H groups in total. The predicted octanol–water partition coefficient (Wildman–Crippen LogP) is 2.42. The Hall–Kier alpha value is -1.64. The molecule has 19 heavy (non-hydrogen) atoms. The highest BCUT2D eigenvalue weighted by atomic mass is 15.2. The van der Waals surface area contributed by atoms with E-state index in [9.17, 15) is 0 Å². The molecule has 4 heterocycles. The van der Waals surface area contributed by atoms with Gasteiger partial charge in [0.05, 0.1) is 17.8 Å². The lowest BCUT2D eigenvalue weighted by Gasteiger charge is -2.44. The lowest BCUT2D eigenvalue weighted by Crippen LogP contribution is -2.52. The second-order valence-corrected chi connectivity index (χ2v) is 6.80. The number of imidazole rings is 1. The predicted molar refractivity (Wildman–Crippen MR) is 73.9 cm³/mol. The Labute approximate surface area is 113 Å². The molecule has 4 rings (SSSR count). The van der Waals surface area contributed by atoms with Crippen molar-refractivity contribution < 1.29 is 4.57 Å². The first-order chi connectivity index (χ1) is 8.94. The molecule has 0 amide bonds. The molecule has 3 heteroatoms. The number of nitrogens with zero attached hydrogens (tertiary/aromatic N) is 3. The average molecular weight is 254 g/mol. The molecule has 0 aliphatic carbocycles. The van der Waals surface area contributed by atoms with Crippen molar-refractivity contribution in [2.75, 3.05) is 0 Å². The second-order valence-electron chi connectivity index (χ2n) is 6.80. The van der Waals surface area contributed by atoms with Gasteiger partial charge in [-0.3, -0.25) is 4.98 Å². The van der Waals surface area contributed by atoms with Crippen LogP contribution in [0.2, 0.25) is 0 Å². The van der Waals surface area contributed by atoms with E-state index in [1.807, 2.05) is 6.20 Å². The third-order valence-corrected chi connectivity index (χ3v) is 5.54. The molecule has 0 atom stereocenters. The van der Waals surface area contributed by atoms with Gasteiger partial charge < -0.3 is 0 Å². The van der Waals surface area contributed by atoms with E-state index in [1.165, 1.54) is 22.6 Å². The molecule has 0 spiro atoms. The maximum atomic E-state index is 4.62. The molecular formula is C16H20N3+. The summed E-state index contributed by atoms with van der Waals surface area (Å²) >= 11 is 0. The standard InChI is InChI=1S/C16H20N3/c1-15(2)11-5-7-17-12-6-8-18-9-10-19(16(15,3)4)14(18)13(11)12/h5,7,9-10H,6,8H2,1-4H3/q+1. The Morgan fingerprint density at radius 2 is 2.05 bits per heavy atom. The van der Waals surface area contributed by atoms with Gasteiger partial charge in [0.15, 0.2) is 0 Å². The third kappa shape index (κ3) is 1.10. The first-order valence-electron chi connectivity index (χ1n) is 7.04. The van der Waals surface area contributed by atoms with Crippen molar-refractivity contribution >= 4 is 0 Å². The van der Waals surface area contributed by atoms with E-state index in [0.29, 0.717) is 0 Å². The fourth-order valence-corrected chi connectivity index (χ4v) is 3.64. The van der Waals surface area contributed by atoms with Crippen LogP contribution in [0.15, 0.2) is 24.7 Å². The van der Waals surface area contributed by atoms with Crippen LogP contribution < -0.4 is 4.57 Å². The van der Waals surface area contributed by atoms with Crippen molar-refractivity contribution in [3.05, 3.63) is 35.9 Å². The van der Waals surface area contributed by atoms with Gasteiger partial charge in [-0.25, -0.2) is 9.13 Å². The lowest BCUT2D eigenvalue weighted by atomic mass is 9.65. The van der Waals surface area contributed by atoms with Gasteiger partial charge in [0, 0.05) is 18.0 Å². The summed E-state index contributed by atoms with van der Waals surface area (Å²) in [7, 11) is 0. The zero-order valence-electron chi connectivity index (χ0n) is 12.1. The van der Waals surface area contributed by atoms with Crippen LogP contribution >= 0.6 is 0 Å². The smallest absolute Gasteiger partial charge is 0.260 e. The number of aryl methyl sites for hydroxylation is 2. The molecule has 0 saturated heterocycles. The van der Waals surface area contributed by atoms with Crippen LogP contribution in [0.3, 0.4) is 0 Å². The summed E-state index contributed by atoms with van der Waals surface area (Å²) in [6.07, 6.45) is 7.49. The molecular weight excluding hydrogens is 234 g/mol. The number of pyridine rings is 1. The third-order valence-electron chi connectivity index (χ3n) is 5.54. The normalized spacial score (nSPS) is 21.1. The van der Waals surface area contributed by atoms with E-state index in [1.54, 1.807) is 0 Å². The minimum Gasteiger partial charge on any atom is -0.260 e. The molecule has 2 aromatic rings. The average Bonchev–Trinajstić information content (AvgIpc) is 2.81. The molecule has 0 bridgehead atoms. The topological polar surface area (TPSA) is 21.7 Å². The number of aromatic nitrogens is 3. The SMILES string of the molecule is CC1(C)c2ccnc3c2-c2n(cc[n+]2CC3)C1(C)C. The van der Waals surface area contributed by atoms with Gasteiger partial charge in [-0.2, -0.15) is 0 Å². The molecule has 98 valence electrons. The van der Waals surface area contributed by atoms with Crippen molar-refractivity contribution in [2.45, 2.75) is 51.6 Å². The molecule has 0 aromatic carbocycles. The largest absolute Gasteiger partial charge is 0.291 e. The van der Waals surface area contributed by atoms with E-state index in [0.717, 1.165) is 13.0 Å². The molecule has 0 unspecified atom stereocenters. The van der Waals surface area contributed by atoms with Crippen LogP contribution in [0.1, 0.15) is 39.0 Å². The molecule has 3 nitrogen and oxygen atoms in total. The number of hydrogen-bond donors (Lipinski definition) is 0. The summed E-state index contributed by atoms with van der Waals surface area (Å²) in [5.74, 6) is 1.34. The quantitative estimate of drug-likeness (QED) is 0.662. The van der Waals surface area contributed by atoms with E-state index in [2.05, 4.69) is 60.3 Å². The summed E-state index contributed by atoms with van der Waals surface area (Å²) in [4.78, 5) is 4.62. The van der Waals surface area contributed by atoms with Crippen LogP contribution in [0.4, 0.5) is 0 Å². The molecule has 2 aromatic heterocycles. The first kappa shape index (κ1) is 11.2. The number of rotatable bonds is 0. The Kier molecular flexibility index (Phi) is 1.82. The molecule has 0 fully saturated rings. The maximum absolute atomic E-state index is 4.62. The minimum atomic E-state index is 0.0660. The van der Waals surface area contributed by atoms with Gasteiger partial charge >= 0.3 is 0 Å². The van der Waals surface area contributed by atoms with Crippen LogP contribution in [-0.2, 0) is 23.9 Å². The lowest BCUT2D eigenvalue weighted by molar-refractivity contribution is -0.687. The molecule has 2 aliphatic heterocycles. The molecule has 0 radical (unpaired) electrons. The Morgan fingerprint density at radius 3 is 2.84 bits per heavy atom. The minimum absolute atomic E-state index is 0.0660. The molecule has 0 saturated carbocycles. The van der Waals surface area contributed by atoms with Gasteiger partial charge in [-0.1, -0.05) is 13.8 Å². The summed E-state index contributed by atoms with van der Waals surface area (Å²) in [6, 6.07) is 2.22. The fraction of sp³-hybridized carbons (Fsp3) is 0.500. The summed E-state index contributed by atoms with van der Waals surface area (Å²) in [5.41, 5.74) is 4.25. The van der Waals surface area contributed by atoms with Gasteiger partial charge in [0.25, 0.3) is 5.82 Å². The van der Waals surface area contributed by atoms with Gasteiger partial charge in [-0.05, 0) is 25.5 Å². The molecule has 2 aliphatic rings. The van der Waals surface area contributed by atoms with Crippen LogP contribution in [0.5, 0.6) is 0 Å². The van der Waals surface area contributed by atoms with E-state index in [-0.39, 0.29) is 11.0 Å². The Morgan fingerprint density at radius 1 is 1.26 bits per heavy atom. The van der Waals surface area contributed by atoms with Crippen LogP contribution in [0, 0.1) is 0 Å². The van der Waals surface area contributed by atoms with Crippen molar-refractivity contribution in [1.29, 1.82) is 0 Å². The second kappa shape index (κ2) is 3.09. The summed E-state index contributed by atoms with van der Waals surface area (Å²) in [6.45, 7) is 10.4. The van der Waals surface area contributed by atoms with Crippen molar-refractivity contribution in [3.63, 3.8) is 0 Å². The summed E-state index contributed by atoms with van der Waals surface area (Å²) in [5, 5.41) is 0. The first-order valence-corrected chi connectivity index (χ1v) is 7.04. The van der Waals surface area contributed by atoms with Gasteiger partial charge in [-0.15, -0.1) is 0 Å². The highest BCUT2D eigenvalue weighted by Crippen LogP contribution is 2.50. The monoisotopic (exact) mass is 254 g/mol. The van der Waals surface area contributed by atoms with Crippen molar-refractivity contribution in [1.82, 2.24) is 9.55 Å². The Bertz CT molecular complexity index is 692. The highest BCUT2D eigenvalue weighted by Gasteiger charge is 2.52. The van der Waals surface area contributed by atoms with Crippen molar-refractivity contribution in [3.8, 4) is 11.4 Å². The van der Waals surface area contributed by atoms with Crippen molar-refractivity contribution in [2.24, 2.45) is 0 Å². The van der Waals surface area contributed by atoms with Gasteiger partial charge in [0.2, 0.25) is 0 Å². The van der Waals surface area contributed by atoms with E-state index < -0.39 is 0 Å². The Balaban J connectivity index is 2.20. The number of hydrogen-bond acceptors (Lipinski definition) is 1. The fourth-order valence-electron chi connectivity index (χ4n) is 3.64. The zero-order chi connectivity index (χ0) is 13.4. The van der Waals surface area contributed by atoms with E-state index in [4.69, 9.17) is 0 Å². The highest BCUT2D eigenvalue weighted by molar-refractivity contribution is 5.67.